The van der Waals surface area contributed by atoms with E-state index in [4.69, 9.17) is 9.84 Å². The van der Waals surface area contributed by atoms with Crippen molar-refractivity contribution < 1.29 is 14.6 Å². The van der Waals surface area contributed by atoms with E-state index in [1.54, 1.807) is 24.3 Å². The molecule has 5 heteroatoms. The molecular weight excluding hydrogens is 418 g/mol. The lowest BCUT2D eigenvalue weighted by Gasteiger charge is -2.09. The number of rotatable bonds is 6. The summed E-state index contributed by atoms with van der Waals surface area (Å²) in [4.78, 5) is 15.5. The van der Waals surface area contributed by atoms with Crippen molar-refractivity contribution in [1.29, 1.82) is 0 Å². The van der Waals surface area contributed by atoms with Crippen LogP contribution in [0.25, 0.3) is 0 Å². The zero-order valence-corrected chi connectivity index (χ0v) is 17.2. The summed E-state index contributed by atoms with van der Waals surface area (Å²) in [7, 11) is 0. The van der Waals surface area contributed by atoms with E-state index < -0.39 is 5.97 Å². The van der Waals surface area contributed by atoms with Gasteiger partial charge in [0.05, 0.1) is 15.7 Å². The number of halogens is 1. The molecule has 0 spiro atoms. The second-order valence-corrected chi connectivity index (χ2v) is 7.31. The van der Waals surface area contributed by atoms with Gasteiger partial charge in [0.15, 0.2) is 0 Å². The Kier molecular flexibility index (Phi) is 6.26. The van der Waals surface area contributed by atoms with Crippen molar-refractivity contribution in [2.75, 3.05) is 0 Å². The molecule has 0 bridgehead atoms. The van der Waals surface area contributed by atoms with Gasteiger partial charge in [-0.15, -0.1) is 0 Å². The molecule has 0 atom stereocenters. The van der Waals surface area contributed by atoms with Gasteiger partial charge in [-0.05, 0) is 88.4 Å². The normalized spacial score (nSPS) is 11.0. The van der Waals surface area contributed by atoms with Crippen LogP contribution in [0.3, 0.4) is 0 Å². The lowest BCUT2D eigenvalue weighted by molar-refractivity contribution is 0.0697. The highest BCUT2D eigenvalue weighted by Gasteiger charge is 2.05. The summed E-state index contributed by atoms with van der Waals surface area (Å²) < 4.78 is 6.67. The van der Waals surface area contributed by atoms with Gasteiger partial charge in [-0.3, -0.25) is 4.99 Å². The molecule has 0 unspecified atom stereocenters. The Hall–Kier alpha value is -2.92. The molecular formula is C23H20BrNO3. The third-order valence-electron chi connectivity index (χ3n) is 4.48. The average Bonchev–Trinajstić information content (AvgIpc) is 2.68. The first kappa shape index (κ1) is 19.8. The molecule has 0 radical (unpaired) electrons. The van der Waals surface area contributed by atoms with Gasteiger partial charge in [0.1, 0.15) is 12.4 Å². The standard InChI is InChI=1S/C23H20BrNO3/c1-15-4-3-5-21(16(15)2)25-13-18-8-11-22(20(24)12-18)28-14-17-6-9-19(10-7-17)23(26)27/h3-13H,14H2,1-2H3,(H,26,27). The first-order valence-corrected chi connectivity index (χ1v) is 9.58. The molecule has 0 saturated heterocycles. The van der Waals surface area contributed by atoms with Crippen molar-refractivity contribution in [3.63, 3.8) is 0 Å². The van der Waals surface area contributed by atoms with Crippen LogP contribution in [0.15, 0.2) is 70.1 Å². The van der Waals surface area contributed by atoms with Gasteiger partial charge >= 0.3 is 5.97 Å². The number of aryl methyl sites for hydroxylation is 1. The lowest BCUT2D eigenvalue weighted by Crippen LogP contribution is -1.99. The molecule has 28 heavy (non-hydrogen) atoms. The van der Waals surface area contributed by atoms with Crippen LogP contribution < -0.4 is 4.74 Å². The third-order valence-corrected chi connectivity index (χ3v) is 5.10. The Morgan fingerprint density at radius 1 is 1.11 bits per heavy atom. The number of hydrogen-bond donors (Lipinski definition) is 1. The molecule has 0 fully saturated rings. The Morgan fingerprint density at radius 2 is 1.86 bits per heavy atom. The van der Waals surface area contributed by atoms with E-state index in [1.807, 2.05) is 36.5 Å². The maximum Gasteiger partial charge on any atom is 0.335 e. The van der Waals surface area contributed by atoms with Gasteiger partial charge in [-0.1, -0.05) is 24.3 Å². The molecule has 4 nitrogen and oxygen atoms in total. The van der Waals surface area contributed by atoms with E-state index in [0.717, 1.165) is 21.3 Å². The Labute approximate surface area is 172 Å². The van der Waals surface area contributed by atoms with Gasteiger partial charge in [0, 0.05) is 6.21 Å². The summed E-state index contributed by atoms with van der Waals surface area (Å²) in [5.74, 6) is -0.223. The van der Waals surface area contributed by atoms with Crippen molar-refractivity contribution in [3.05, 3.63) is 93.0 Å². The smallest absolute Gasteiger partial charge is 0.335 e. The molecule has 0 aliphatic carbocycles. The number of hydrogen-bond acceptors (Lipinski definition) is 3. The van der Waals surface area contributed by atoms with Crippen molar-refractivity contribution in [2.45, 2.75) is 20.5 Å². The molecule has 0 aliphatic heterocycles. The first-order valence-electron chi connectivity index (χ1n) is 8.79. The predicted octanol–water partition coefficient (Wildman–Crippen LogP) is 6.09. The minimum Gasteiger partial charge on any atom is -0.488 e. The van der Waals surface area contributed by atoms with Crippen LogP contribution in [0.5, 0.6) is 5.75 Å². The molecule has 3 aromatic carbocycles. The third kappa shape index (κ3) is 4.87. The van der Waals surface area contributed by atoms with Crippen LogP contribution in [-0.2, 0) is 6.61 Å². The maximum atomic E-state index is 10.9. The summed E-state index contributed by atoms with van der Waals surface area (Å²) in [5, 5.41) is 8.94. The van der Waals surface area contributed by atoms with E-state index >= 15 is 0 Å². The van der Waals surface area contributed by atoms with Gasteiger partial charge < -0.3 is 9.84 Å². The van der Waals surface area contributed by atoms with E-state index in [1.165, 1.54) is 11.1 Å². The fourth-order valence-electron chi connectivity index (χ4n) is 2.64. The first-order chi connectivity index (χ1) is 13.4. The van der Waals surface area contributed by atoms with E-state index in [-0.39, 0.29) is 5.56 Å². The molecule has 3 rings (SSSR count). The van der Waals surface area contributed by atoms with E-state index in [0.29, 0.717) is 12.4 Å². The number of ether oxygens (including phenoxy) is 1. The maximum absolute atomic E-state index is 10.9. The van der Waals surface area contributed by atoms with Gasteiger partial charge in [0.2, 0.25) is 0 Å². The van der Waals surface area contributed by atoms with Crippen LogP contribution in [-0.4, -0.2) is 17.3 Å². The summed E-state index contributed by atoms with van der Waals surface area (Å²) in [6.45, 7) is 4.50. The summed E-state index contributed by atoms with van der Waals surface area (Å²) >= 11 is 3.54. The number of carbonyl (C=O) groups is 1. The number of aromatic carboxylic acids is 1. The van der Waals surface area contributed by atoms with Crippen molar-refractivity contribution in [2.24, 2.45) is 4.99 Å². The van der Waals surface area contributed by atoms with Gasteiger partial charge in [0.25, 0.3) is 0 Å². The molecule has 1 N–H and O–H groups in total. The van der Waals surface area contributed by atoms with E-state index in [9.17, 15) is 4.79 Å². The van der Waals surface area contributed by atoms with Gasteiger partial charge in [-0.2, -0.15) is 0 Å². The molecule has 3 aromatic rings. The number of nitrogens with zero attached hydrogens (tertiary/aromatic N) is 1. The molecule has 0 amide bonds. The second kappa shape index (κ2) is 8.85. The Balaban J connectivity index is 1.67. The fourth-order valence-corrected chi connectivity index (χ4v) is 3.15. The summed E-state index contributed by atoms with van der Waals surface area (Å²) in [6.07, 6.45) is 1.83. The zero-order chi connectivity index (χ0) is 20.1. The monoisotopic (exact) mass is 437 g/mol. The van der Waals surface area contributed by atoms with Crippen LogP contribution in [0.1, 0.15) is 32.6 Å². The minimum atomic E-state index is -0.937. The number of carboxylic acids is 1. The molecule has 0 aliphatic rings. The largest absolute Gasteiger partial charge is 0.488 e. The number of benzene rings is 3. The zero-order valence-electron chi connectivity index (χ0n) is 15.6. The topological polar surface area (TPSA) is 58.9 Å². The highest BCUT2D eigenvalue weighted by molar-refractivity contribution is 9.10. The van der Waals surface area contributed by atoms with E-state index in [2.05, 4.69) is 40.8 Å². The van der Waals surface area contributed by atoms with Crippen molar-refractivity contribution in [3.8, 4) is 5.75 Å². The summed E-state index contributed by atoms with van der Waals surface area (Å²) in [6, 6.07) is 18.5. The second-order valence-electron chi connectivity index (χ2n) is 6.46. The lowest BCUT2D eigenvalue weighted by atomic mass is 10.1. The van der Waals surface area contributed by atoms with Crippen LogP contribution in [0.2, 0.25) is 0 Å². The predicted molar refractivity (Wildman–Crippen MR) is 115 cm³/mol. The number of carboxylic acid groups (broad SMARTS) is 1. The van der Waals surface area contributed by atoms with Crippen molar-refractivity contribution in [1.82, 2.24) is 0 Å². The quantitative estimate of drug-likeness (QED) is 0.474. The SMILES string of the molecule is Cc1cccc(N=Cc2ccc(OCc3ccc(C(=O)O)cc3)c(Br)c2)c1C. The van der Waals surface area contributed by atoms with Crippen LogP contribution >= 0.6 is 15.9 Å². The molecule has 0 saturated carbocycles. The molecule has 0 aromatic heterocycles. The average molecular weight is 438 g/mol. The Bertz CT molecular complexity index is 1030. The van der Waals surface area contributed by atoms with Crippen LogP contribution in [0, 0.1) is 13.8 Å². The highest BCUT2D eigenvalue weighted by Crippen LogP contribution is 2.27. The minimum absolute atomic E-state index is 0.261. The van der Waals surface area contributed by atoms with Crippen molar-refractivity contribution >= 4 is 33.8 Å². The highest BCUT2D eigenvalue weighted by atomic mass is 79.9. The van der Waals surface area contributed by atoms with Gasteiger partial charge in [-0.25, -0.2) is 4.79 Å². The summed E-state index contributed by atoms with van der Waals surface area (Å²) in [5.41, 5.74) is 5.48. The Morgan fingerprint density at radius 3 is 2.54 bits per heavy atom. The number of aliphatic imine (C=N–C) groups is 1. The molecule has 0 heterocycles. The molecule has 142 valence electrons. The fraction of sp³-hybridized carbons (Fsp3) is 0.130. The van der Waals surface area contributed by atoms with Crippen LogP contribution in [0.4, 0.5) is 5.69 Å².